The first-order chi connectivity index (χ1) is 10.6. The average molecular weight is 296 g/mol. The van der Waals surface area contributed by atoms with Crippen molar-refractivity contribution in [3.05, 3.63) is 71.7 Å². The Labute approximate surface area is 128 Å². The molecule has 4 heteroatoms. The van der Waals surface area contributed by atoms with Gasteiger partial charge >= 0.3 is 0 Å². The normalized spacial score (nSPS) is 12.3. The van der Waals surface area contributed by atoms with Gasteiger partial charge in [0.2, 0.25) is 0 Å². The minimum Gasteiger partial charge on any atom is -0.351 e. The van der Waals surface area contributed by atoms with Gasteiger partial charge in [-0.25, -0.2) is 4.39 Å². The fourth-order valence-electron chi connectivity index (χ4n) is 2.58. The zero-order valence-electron chi connectivity index (χ0n) is 12.5. The van der Waals surface area contributed by atoms with E-state index in [1.807, 2.05) is 37.3 Å². The Morgan fingerprint density at radius 2 is 1.82 bits per heavy atom. The molecular formula is C18H17FN2O. The molecule has 3 nitrogen and oxygen atoms in total. The molecule has 1 unspecified atom stereocenters. The molecule has 0 radical (unpaired) electrons. The lowest BCUT2D eigenvalue weighted by Crippen LogP contribution is -2.30. The van der Waals surface area contributed by atoms with Gasteiger partial charge in [0.15, 0.2) is 0 Å². The number of fused-ring (bicyclic) bond motifs is 1. The highest BCUT2D eigenvalue weighted by atomic mass is 19.1. The standard InChI is InChI=1S/C18H17FN2O/c1-12(14-8-4-5-9-15(14)19)21(2)18(22)17-11-13-7-3-6-10-16(13)20-17/h3-12,20H,1-2H3. The lowest BCUT2D eigenvalue weighted by atomic mass is 10.1. The van der Waals surface area contributed by atoms with Crippen molar-refractivity contribution in [3.63, 3.8) is 0 Å². The van der Waals surface area contributed by atoms with Crippen molar-refractivity contribution in [2.45, 2.75) is 13.0 Å². The summed E-state index contributed by atoms with van der Waals surface area (Å²) >= 11 is 0. The first-order valence-electron chi connectivity index (χ1n) is 7.17. The number of carbonyl (C=O) groups excluding carboxylic acids is 1. The molecule has 3 rings (SSSR count). The highest BCUT2D eigenvalue weighted by molar-refractivity contribution is 5.98. The Balaban J connectivity index is 1.89. The second kappa shape index (κ2) is 5.64. The number of H-pyrrole nitrogens is 1. The fourth-order valence-corrected chi connectivity index (χ4v) is 2.58. The van der Waals surface area contributed by atoms with Crippen molar-refractivity contribution in [3.8, 4) is 0 Å². The Kier molecular flexibility index (Phi) is 3.67. The summed E-state index contributed by atoms with van der Waals surface area (Å²) in [6.07, 6.45) is 0. The number of rotatable bonds is 3. The van der Waals surface area contributed by atoms with E-state index in [4.69, 9.17) is 0 Å². The molecule has 0 saturated heterocycles. The second-order valence-electron chi connectivity index (χ2n) is 5.38. The van der Waals surface area contributed by atoms with Crippen LogP contribution >= 0.6 is 0 Å². The molecule has 1 amide bonds. The lowest BCUT2D eigenvalue weighted by Gasteiger charge is -2.25. The molecule has 22 heavy (non-hydrogen) atoms. The summed E-state index contributed by atoms with van der Waals surface area (Å²) in [6, 6.07) is 15.7. The van der Waals surface area contributed by atoms with Crippen LogP contribution in [-0.2, 0) is 0 Å². The van der Waals surface area contributed by atoms with Crippen LogP contribution in [0, 0.1) is 5.82 Å². The Hall–Kier alpha value is -2.62. The van der Waals surface area contributed by atoms with Crippen molar-refractivity contribution in [1.82, 2.24) is 9.88 Å². The Bertz CT molecular complexity index is 792. The van der Waals surface area contributed by atoms with Crippen LogP contribution in [0.2, 0.25) is 0 Å². The number of hydrogen-bond donors (Lipinski definition) is 1. The third-order valence-electron chi connectivity index (χ3n) is 4.02. The number of nitrogens with one attached hydrogen (secondary N) is 1. The minimum absolute atomic E-state index is 0.160. The third kappa shape index (κ3) is 2.48. The van der Waals surface area contributed by atoms with Crippen molar-refractivity contribution in [2.75, 3.05) is 7.05 Å². The molecule has 1 N–H and O–H groups in total. The summed E-state index contributed by atoms with van der Waals surface area (Å²) < 4.78 is 13.9. The van der Waals surface area contributed by atoms with E-state index in [2.05, 4.69) is 4.98 Å². The molecular weight excluding hydrogens is 279 g/mol. The van der Waals surface area contributed by atoms with Gasteiger partial charge in [-0.15, -0.1) is 0 Å². The number of aromatic amines is 1. The smallest absolute Gasteiger partial charge is 0.270 e. The minimum atomic E-state index is -0.347. The van der Waals surface area contributed by atoms with Gasteiger partial charge in [0.25, 0.3) is 5.91 Å². The van der Waals surface area contributed by atoms with Gasteiger partial charge < -0.3 is 9.88 Å². The topological polar surface area (TPSA) is 36.1 Å². The fraction of sp³-hybridized carbons (Fsp3) is 0.167. The van der Waals surface area contributed by atoms with E-state index in [9.17, 15) is 9.18 Å². The molecule has 0 aliphatic carbocycles. The lowest BCUT2D eigenvalue weighted by molar-refractivity contribution is 0.0735. The van der Waals surface area contributed by atoms with Crippen LogP contribution in [-0.4, -0.2) is 22.8 Å². The van der Waals surface area contributed by atoms with Crippen LogP contribution in [0.15, 0.2) is 54.6 Å². The van der Waals surface area contributed by atoms with E-state index in [0.717, 1.165) is 10.9 Å². The van der Waals surface area contributed by atoms with Crippen molar-refractivity contribution < 1.29 is 9.18 Å². The van der Waals surface area contributed by atoms with Crippen molar-refractivity contribution >= 4 is 16.8 Å². The van der Waals surface area contributed by atoms with E-state index >= 15 is 0 Å². The van der Waals surface area contributed by atoms with Crippen LogP contribution in [0.3, 0.4) is 0 Å². The SMILES string of the molecule is CC(c1ccccc1F)N(C)C(=O)c1cc2ccccc2[nH]1. The molecule has 0 aliphatic heterocycles. The summed E-state index contributed by atoms with van der Waals surface area (Å²) in [5.41, 5.74) is 1.93. The Morgan fingerprint density at radius 3 is 2.55 bits per heavy atom. The molecule has 112 valence electrons. The molecule has 0 saturated carbocycles. The molecule has 1 atom stereocenters. The maximum absolute atomic E-state index is 13.9. The predicted octanol–water partition coefficient (Wildman–Crippen LogP) is 4.14. The number of benzene rings is 2. The van der Waals surface area contributed by atoms with Crippen LogP contribution < -0.4 is 0 Å². The molecule has 2 aromatic carbocycles. The summed E-state index contributed by atoms with van der Waals surface area (Å²) in [4.78, 5) is 17.3. The maximum Gasteiger partial charge on any atom is 0.270 e. The number of para-hydroxylation sites is 1. The molecule has 1 heterocycles. The van der Waals surface area contributed by atoms with Gasteiger partial charge in [0.05, 0.1) is 6.04 Å². The zero-order valence-corrected chi connectivity index (χ0v) is 12.5. The third-order valence-corrected chi connectivity index (χ3v) is 4.02. The first kappa shape index (κ1) is 14.3. The molecule has 0 spiro atoms. The number of nitrogens with zero attached hydrogens (tertiary/aromatic N) is 1. The van der Waals surface area contributed by atoms with Gasteiger partial charge in [-0.3, -0.25) is 4.79 Å². The van der Waals surface area contributed by atoms with Crippen LogP contribution in [0.4, 0.5) is 4.39 Å². The summed E-state index contributed by atoms with van der Waals surface area (Å²) in [5, 5.41) is 0.984. The van der Waals surface area contributed by atoms with Gasteiger partial charge in [0, 0.05) is 23.5 Å². The largest absolute Gasteiger partial charge is 0.351 e. The summed E-state index contributed by atoms with van der Waals surface area (Å²) in [7, 11) is 1.69. The maximum atomic E-state index is 13.9. The number of aromatic nitrogens is 1. The monoisotopic (exact) mass is 296 g/mol. The van der Waals surface area contributed by atoms with Crippen molar-refractivity contribution in [2.24, 2.45) is 0 Å². The summed E-state index contributed by atoms with van der Waals surface area (Å²) in [5.74, 6) is -0.460. The van der Waals surface area contributed by atoms with E-state index in [1.165, 1.54) is 6.07 Å². The van der Waals surface area contributed by atoms with E-state index in [1.54, 1.807) is 30.1 Å². The average Bonchev–Trinajstić information content (AvgIpc) is 2.97. The first-order valence-corrected chi connectivity index (χ1v) is 7.17. The second-order valence-corrected chi connectivity index (χ2v) is 5.38. The number of hydrogen-bond acceptors (Lipinski definition) is 1. The van der Waals surface area contributed by atoms with E-state index in [0.29, 0.717) is 11.3 Å². The Morgan fingerprint density at radius 1 is 1.14 bits per heavy atom. The van der Waals surface area contributed by atoms with Crippen molar-refractivity contribution in [1.29, 1.82) is 0 Å². The van der Waals surface area contributed by atoms with Gasteiger partial charge in [0.1, 0.15) is 11.5 Å². The van der Waals surface area contributed by atoms with Crippen LogP contribution in [0.5, 0.6) is 0 Å². The molecule has 0 aliphatic rings. The molecule has 3 aromatic rings. The highest BCUT2D eigenvalue weighted by Gasteiger charge is 2.22. The zero-order chi connectivity index (χ0) is 15.7. The van der Waals surface area contributed by atoms with Gasteiger partial charge in [-0.2, -0.15) is 0 Å². The summed E-state index contributed by atoms with van der Waals surface area (Å²) in [6.45, 7) is 1.82. The number of carbonyl (C=O) groups is 1. The van der Waals surface area contributed by atoms with E-state index in [-0.39, 0.29) is 17.8 Å². The van der Waals surface area contributed by atoms with Crippen LogP contribution in [0.25, 0.3) is 10.9 Å². The quantitative estimate of drug-likeness (QED) is 0.774. The predicted molar refractivity (Wildman–Crippen MR) is 85.2 cm³/mol. The van der Waals surface area contributed by atoms with Crippen LogP contribution in [0.1, 0.15) is 29.0 Å². The molecule has 0 fully saturated rings. The molecule has 1 aromatic heterocycles. The van der Waals surface area contributed by atoms with Gasteiger partial charge in [-0.1, -0.05) is 36.4 Å². The number of amides is 1. The van der Waals surface area contributed by atoms with E-state index < -0.39 is 0 Å². The molecule has 0 bridgehead atoms. The van der Waals surface area contributed by atoms with Gasteiger partial charge in [-0.05, 0) is 25.1 Å². The number of halogens is 1. The highest BCUT2D eigenvalue weighted by Crippen LogP contribution is 2.24.